The van der Waals surface area contributed by atoms with E-state index in [0.29, 0.717) is 0 Å². The fourth-order valence-corrected chi connectivity index (χ4v) is 4.88. The highest BCUT2D eigenvalue weighted by Gasteiger charge is 2.46. The SMILES string of the molecule is CC1OC(Oc2cc(O)c3c(c2)OC(c2ccc(O)c(O)c2)C(OC2OC(CO)C(O)C(O)C2O)=C3)C(O)C(O)C1O. The maximum absolute atomic E-state index is 10.8. The number of fused-ring (bicyclic) bond motifs is 1. The second-order valence-corrected chi connectivity index (χ2v) is 10.3. The fourth-order valence-electron chi connectivity index (χ4n) is 4.88. The lowest BCUT2D eigenvalue weighted by atomic mass is 9.98. The van der Waals surface area contributed by atoms with Crippen LogP contribution in [0.2, 0.25) is 0 Å². The van der Waals surface area contributed by atoms with E-state index in [-0.39, 0.29) is 28.4 Å². The molecule has 10 N–H and O–H groups in total. The van der Waals surface area contributed by atoms with Crippen LogP contribution in [0.1, 0.15) is 24.2 Å². The highest BCUT2D eigenvalue weighted by Crippen LogP contribution is 2.46. The van der Waals surface area contributed by atoms with Crippen molar-refractivity contribution >= 4 is 6.08 Å². The number of phenolic OH excluding ortho intramolecular Hbond substituents is 3. The first-order valence-corrected chi connectivity index (χ1v) is 13.0. The van der Waals surface area contributed by atoms with Gasteiger partial charge in [0.15, 0.2) is 17.6 Å². The molecule has 0 bridgehead atoms. The van der Waals surface area contributed by atoms with E-state index in [9.17, 15) is 51.1 Å². The molecule has 2 fully saturated rings. The number of phenols is 3. The summed E-state index contributed by atoms with van der Waals surface area (Å²) in [7, 11) is 0. The van der Waals surface area contributed by atoms with Crippen LogP contribution >= 0.6 is 0 Å². The molecule has 15 nitrogen and oxygen atoms in total. The van der Waals surface area contributed by atoms with Gasteiger partial charge >= 0.3 is 0 Å². The van der Waals surface area contributed by atoms with Gasteiger partial charge in [-0.3, -0.25) is 0 Å². The summed E-state index contributed by atoms with van der Waals surface area (Å²) in [6, 6.07) is 6.26. The zero-order valence-corrected chi connectivity index (χ0v) is 22.0. The maximum atomic E-state index is 10.8. The van der Waals surface area contributed by atoms with Crippen molar-refractivity contribution in [2.24, 2.45) is 0 Å². The van der Waals surface area contributed by atoms with E-state index in [2.05, 4.69) is 0 Å². The molecule has 0 saturated carbocycles. The largest absolute Gasteiger partial charge is 0.507 e. The Bertz CT molecular complexity index is 1310. The van der Waals surface area contributed by atoms with Gasteiger partial charge in [-0.2, -0.15) is 0 Å². The number of hydrogen-bond donors (Lipinski definition) is 10. The van der Waals surface area contributed by atoms with E-state index in [1.54, 1.807) is 0 Å². The van der Waals surface area contributed by atoms with Gasteiger partial charge in [0.05, 0.1) is 18.3 Å². The minimum absolute atomic E-state index is 0.0163. The predicted molar refractivity (Wildman–Crippen MR) is 137 cm³/mol. The summed E-state index contributed by atoms with van der Waals surface area (Å²) in [6.45, 7) is 0.777. The van der Waals surface area contributed by atoms with Gasteiger partial charge < -0.3 is 74.7 Å². The predicted octanol–water partition coefficient (Wildman–Crippen LogP) is -1.70. The number of aliphatic hydroxyl groups excluding tert-OH is 7. The average Bonchev–Trinajstić information content (AvgIpc) is 2.96. The van der Waals surface area contributed by atoms with Crippen LogP contribution in [0.15, 0.2) is 36.1 Å². The molecular weight excluding hydrogens is 564 g/mol. The van der Waals surface area contributed by atoms with Crippen LogP contribution in [0.25, 0.3) is 6.08 Å². The van der Waals surface area contributed by atoms with Crippen molar-refractivity contribution in [3.63, 3.8) is 0 Å². The molecule has 3 aliphatic heterocycles. The second kappa shape index (κ2) is 11.7. The van der Waals surface area contributed by atoms with Gasteiger partial charge in [0.1, 0.15) is 65.7 Å². The molecule has 15 heteroatoms. The molecule has 2 saturated heterocycles. The highest BCUT2D eigenvalue weighted by molar-refractivity contribution is 5.70. The third kappa shape index (κ3) is 5.54. The number of benzene rings is 2. The van der Waals surface area contributed by atoms with Gasteiger partial charge in [0, 0.05) is 17.7 Å². The van der Waals surface area contributed by atoms with Crippen LogP contribution in [0.3, 0.4) is 0 Å². The van der Waals surface area contributed by atoms with Crippen molar-refractivity contribution in [1.82, 2.24) is 0 Å². The minimum atomic E-state index is -1.76. The summed E-state index contributed by atoms with van der Waals surface area (Å²) in [5.41, 5.74) is 0.296. The van der Waals surface area contributed by atoms with E-state index >= 15 is 0 Å². The Morgan fingerprint density at radius 2 is 1.38 bits per heavy atom. The average molecular weight is 597 g/mol. The normalized spacial score (nSPS) is 36.4. The smallest absolute Gasteiger partial charge is 0.229 e. The fraction of sp³-hybridized carbons (Fsp3) is 0.481. The molecule has 0 aliphatic carbocycles. The minimum Gasteiger partial charge on any atom is -0.507 e. The molecule has 3 heterocycles. The van der Waals surface area contributed by atoms with E-state index in [4.69, 9.17) is 23.7 Å². The number of aliphatic hydroxyl groups is 7. The molecule has 5 rings (SSSR count). The number of aromatic hydroxyl groups is 3. The van der Waals surface area contributed by atoms with Gasteiger partial charge in [-0.1, -0.05) is 6.07 Å². The topological polar surface area (TPSA) is 248 Å². The molecule has 2 aromatic carbocycles. The van der Waals surface area contributed by atoms with Crippen LogP contribution in [0.4, 0.5) is 0 Å². The number of hydrogen-bond acceptors (Lipinski definition) is 15. The summed E-state index contributed by atoms with van der Waals surface area (Å²) >= 11 is 0. The zero-order valence-electron chi connectivity index (χ0n) is 22.0. The summed E-state index contributed by atoms with van der Waals surface area (Å²) in [6.07, 6.45) is -14.7. The molecule has 42 heavy (non-hydrogen) atoms. The van der Waals surface area contributed by atoms with Crippen molar-refractivity contribution in [1.29, 1.82) is 0 Å². The van der Waals surface area contributed by atoms with Crippen LogP contribution in [0.5, 0.6) is 28.7 Å². The molecule has 11 unspecified atom stereocenters. The Hall–Kier alpha value is -3.38. The van der Waals surface area contributed by atoms with Crippen molar-refractivity contribution < 1.29 is 74.7 Å². The summed E-state index contributed by atoms with van der Waals surface area (Å²) in [5.74, 6) is -1.45. The number of ether oxygens (including phenoxy) is 5. The Morgan fingerprint density at radius 1 is 0.714 bits per heavy atom. The molecule has 11 atom stereocenters. The lowest BCUT2D eigenvalue weighted by molar-refractivity contribution is -0.293. The summed E-state index contributed by atoms with van der Waals surface area (Å²) in [4.78, 5) is 0. The van der Waals surface area contributed by atoms with Gasteiger partial charge in [-0.05, 0) is 25.1 Å². The van der Waals surface area contributed by atoms with Crippen LogP contribution in [-0.4, -0.2) is 119 Å². The van der Waals surface area contributed by atoms with Gasteiger partial charge in [0.2, 0.25) is 12.6 Å². The van der Waals surface area contributed by atoms with Gasteiger partial charge in [-0.15, -0.1) is 0 Å². The lowest BCUT2D eigenvalue weighted by Gasteiger charge is -2.41. The standard InChI is InChI=1S/C27H32O15/c1-9-19(32)21(34)23(36)26(38-9)39-11-5-14(30)12-7-17(41-27-24(37)22(35)20(33)18(8-28)42-27)25(40-16(12)6-11)10-2-3-13(29)15(31)4-10/h2-7,9,18-37H,8H2,1H3. The Labute approximate surface area is 238 Å². The highest BCUT2D eigenvalue weighted by atomic mass is 16.7. The second-order valence-electron chi connectivity index (χ2n) is 10.3. The first-order chi connectivity index (χ1) is 19.9. The van der Waals surface area contributed by atoms with Crippen molar-refractivity contribution in [3.05, 3.63) is 47.2 Å². The van der Waals surface area contributed by atoms with E-state index in [0.717, 1.165) is 6.07 Å². The third-order valence-electron chi connectivity index (χ3n) is 7.35. The first-order valence-electron chi connectivity index (χ1n) is 13.0. The molecule has 3 aliphatic rings. The Morgan fingerprint density at radius 3 is 2.05 bits per heavy atom. The summed E-state index contributed by atoms with van der Waals surface area (Å²) in [5, 5.41) is 101. The van der Waals surface area contributed by atoms with Crippen LogP contribution < -0.4 is 9.47 Å². The van der Waals surface area contributed by atoms with Crippen LogP contribution in [0, 0.1) is 0 Å². The summed E-state index contributed by atoms with van der Waals surface area (Å²) < 4.78 is 28.5. The van der Waals surface area contributed by atoms with E-state index < -0.39 is 91.4 Å². The van der Waals surface area contributed by atoms with Crippen LogP contribution in [-0.2, 0) is 14.2 Å². The molecule has 0 radical (unpaired) electrons. The zero-order chi connectivity index (χ0) is 30.5. The Balaban J connectivity index is 1.49. The molecular formula is C27H32O15. The van der Waals surface area contributed by atoms with Gasteiger partial charge in [-0.25, -0.2) is 0 Å². The quantitative estimate of drug-likeness (QED) is 0.167. The van der Waals surface area contributed by atoms with Crippen molar-refractivity contribution in [2.75, 3.05) is 6.61 Å². The van der Waals surface area contributed by atoms with Gasteiger partial charge in [0.25, 0.3) is 0 Å². The monoisotopic (exact) mass is 596 g/mol. The van der Waals surface area contributed by atoms with E-state index in [1.165, 1.54) is 37.3 Å². The first kappa shape index (κ1) is 30.1. The Kier molecular flexibility index (Phi) is 8.39. The molecule has 0 aromatic heterocycles. The molecule has 0 amide bonds. The third-order valence-corrected chi connectivity index (χ3v) is 7.35. The number of rotatable bonds is 6. The van der Waals surface area contributed by atoms with Crippen molar-refractivity contribution in [2.45, 2.75) is 74.4 Å². The lowest BCUT2D eigenvalue weighted by Crippen LogP contribution is -2.59. The van der Waals surface area contributed by atoms with E-state index in [1.807, 2.05) is 0 Å². The van der Waals surface area contributed by atoms with Crippen molar-refractivity contribution in [3.8, 4) is 28.7 Å². The maximum Gasteiger partial charge on any atom is 0.229 e. The molecule has 0 spiro atoms. The molecule has 2 aromatic rings. The molecule has 230 valence electrons.